The molecule has 0 aliphatic heterocycles. The SMILES string of the molecule is Cc1cc(Br)cc([N+](=O)[O-])c1OCc1cnc(Cl)s1. The molecule has 0 unspecified atom stereocenters. The Balaban J connectivity index is 2.26. The molecule has 19 heavy (non-hydrogen) atoms. The van der Waals surface area contributed by atoms with Crippen LogP contribution in [0.1, 0.15) is 10.4 Å². The lowest BCUT2D eigenvalue weighted by molar-refractivity contribution is -0.386. The van der Waals surface area contributed by atoms with Crippen LogP contribution in [-0.2, 0) is 6.61 Å². The highest BCUT2D eigenvalue weighted by atomic mass is 79.9. The molecule has 8 heteroatoms. The van der Waals surface area contributed by atoms with Gasteiger partial charge in [-0.05, 0) is 18.6 Å². The number of hydrogen-bond acceptors (Lipinski definition) is 5. The molecule has 5 nitrogen and oxygen atoms in total. The van der Waals surface area contributed by atoms with Gasteiger partial charge >= 0.3 is 5.69 Å². The Kier molecular flexibility index (Phi) is 4.38. The molecule has 0 N–H and O–H groups in total. The standard InChI is InChI=1S/C11H8BrClN2O3S/c1-6-2-7(12)3-9(15(16)17)10(6)18-5-8-4-14-11(13)19-8/h2-4H,5H2,1H3. The number of nitro benzene ring substituents is 1. The fraction of sp³-hybridized carbons (Fsp3) is 0.182. The summed E-state index contributed by atoms with van der Waals surface area (Å²) in [7, 11) is 0. The van der Waals surface area contributed by atoms with Crippen molar-refractivity contribution >= 4 is 44.6 Å². The minimum Gasteiger partial charge on any atom is -0.481 e. The minimum absolute atomic E-state index is 0.0671. The molecule has 2 rings (SSSR count). The van der Waals surface area contributed by atoms with Gasteiger partial charge in [-0.3, -0.25) is 10.1 Å². The summed E-state index contributed by atoms with van der Waals surface area (Å²) in [6, 6.07) is 3.18. The number of thiazole rings is 1. The van der Waals surface area contributed by atoms with Crippen LogP contribution in [0, 0.1) is 17.0 Å². The monoisotopic (exact) mass is 362 g/mol. The van der Waals surface area contributed by atoms with Crippen molar-refractivity contribution in [2.75, 3.05) is 0 Å². The summed E-state index contributed by atoms with van der Waals surface area (Å²) in [5, 5.41) is 11.0. The second-order valence-electron chi connectivity index (χ2n) is 3.70. The average molecular weight is 364 g/mol. The van der Waals surface area contributed by atoms with Crippen molar-refractivity contribution < 1.29 is 9.66 Å². The van der Waals surface area contributed by atoms with E-state index in [1.165, 1.54) is 17.4 Å². The molecular formula is C11H8BrClN2O3S. The number of ether oxygens (including phenoxy) is 1. The molecule has 0 fully saturated rings. The summed E-state index contributed by atoms with van der Waals surface area (Å²) in [6.07, 6.45) is 1.59. The predicted molar refractivity (Wildman–Crippen MR) is 77.0 cm³/mol. The second-order valence-corrected chi connectivity index (χ2v) is 6.31. The van der Waals surface area contributed by atoms with Crippen molar-refractivity contribution in [1.29, 1.82) is 0 Å². The lowest BCUT2D eigenvalue weighted by Gasteiger charge is -2.08. The number of benzene rings is 1. The van der Waals surface area contributed by atoms with Crippen molar-refractivity contribution in [2.45, 2.75) is 13.5 Å². The molecule has 0 aliphatic rings. The predicted octanol–water partition coefficient (Wildman–Crippen LogP) is 4.35. The quantitative estimate of drug-likeness (QED) is 0.598. The van der Waals surface area contributed by atoms with Gasteiger partial charge in [-0.25, -0.2) is 4.98 Å². The van der Waals surface area contributed by atoms with Gasteiger partial charge in [0.05, 0.1) is 9.80 Å². The smallest absolute Gasteiger partial charge is 0.312 e. The molecule has 0 amide bonds. The Morgan fingerprint density at radius 1 is 1.58 bits per heavy atom. The Morgan fingerprint density at radius 2 is 2.32 bits per heavy atom. The molecule has 0 saturated carbocycles. The van der Waals surface area contributed by atoms with Gasteiger partial charge in [0.1, 0.15) is 6.61 Å². The van der Waals surface area contributed by atoms with E-state index in [1.807, 2.05) is 0 Å². The summed E-state index contributed by atoms with van der Waals surface area (Å²) in [5.74, 6) is 0.262. The van der Waals surface area contributed by atoms with Gasteiger partial charge in [0, 0.05) is 16.7 Å². The summed E-state index contributed by atoms with van der Waals surface area (Å²) in [6.45, 7) is 1.96. The number of nitro groups is 1. The van der Waals surface area contributed by atoms with Gasteiger partial charge in [0.2, 0.25) is 5.75 Å². The van der Waals surface area contributed by atoms with Crippen LogP contribution in [-0.4, -0.2) is 9.91 Å². The van der Waals surface area contributed by atoms with E-state index < -0.39 is 4.92 Å². The third kappa shape index (κ3) is 3.43. The molecule has 0 saturated heterocycles. The number of aryl methyl sites for hydroxylation is 1. The Hall–Kier alpha value is -1.18. The van der Waals surface area contributed by atoms with Crippen molar-refractivity contribution in [1.82, 2.24) is 4.98 Å². The zero-order chi connectivity index (χ0) is 14.0. The van der Waals surface area contributed by atoms with Crippen LogP contribution in [0.25, 0.3) is 0 Å². The highest BCUT2D eigenvalue weighted by Crippen LogP contribution is 2.35. The third-order valence-electron chi connectivity index (χ3n) is 2.30. The number of aromatic nitrogens is 1. The minimum atomic E-state index is -0.466. The number of hydrogen-bond donors (Lipinski definition) is 0. The third-order valence-corrected chi connectivity index (χ3v) is 3.85. The van der Waals surface area contributed by atoms with Crippen molar-refractivity contribution in [3.05, 3.63) is 47.8 Å². The van der Waals surface area contributed by atoms with Gasteiger partial charge in [-0.1, -0.05) is 27.5 Å². The molecule has 0 bridgehead atoms. The Labute approximate surface area is 126 Å². The first-order chi connectivity index (χ1) is 8.97. The zero-order valence-corrected chi connectivity index (χ0v) is 12.9. The van der Waals surface area contributed by atoms with Crippen LogP contribution in [0.15, 0.2) is 22.8 Å². The van der Waals surface area contributed by atoms with E-state index in [0.29, 0.717) is 14.5 Å². The Morgan fingerprint density at radius 3 is 2.89 bits per heavy atom. The fourth-order valence-corrected chi connectivity index (χ4v) is 2.98. The van der Waals surface area contributed by atoms with Gasteiger partial charge in [-0.15, -0.1) is 11.3 Å². The molecule has 100 valence electrons. The van der Waals surface area contributed by atoms with E-state index in [-0.39, 0.29) is 18.0 Å². The molecule has 0 atom stereocenters. The second kappa shape index (κ2) is 5.85. The molecule has 2 aromatic rings. The maximum absolute atomic E-state index is 11.0. The molecule has 0 spiro atoms. The van der Waals surface area contributed by atoms with Gasteiger partial charge in [0.25, 0.3) is 0 Å². The highest BCUT2D eigenvalue weighted by Gasteiger charge is 2.19. The Bertz CT molecular complexity index is 632. The first kappa shape index (κ1) is 14.2. The lowest BCUT2D eigenvalue weighted by Crippen LogP contribution is -2.00. The summed E-state index contributed by atoms with van der Waals surface area (Å²) >= 11 is 10.2. The maximum atomic E-state index is 11.0. The number of rotatable bonds is 4. The summed E-state index contributed by atoms with van der Waals surface area (Å²) in [5.41, 5.74) is 0.624. The first-order valence-electron chi connectivity index (χ1n) is 5.15. The highest BCUT2D eigenvalue weighted by molar-refractivity contribution is 9.10. The molecular weight excluding hydrogens is 356 g/mol. The topological polar surface area (TPSA) is 65.3 Å². The van der Waals surface area contributed by atoms with Crippen molar-refractivity contribution in [2.24, 2.45) is 0 Å². The summed E-state index contributed by atoms with van der Waals surface area (Å²) in [4.78, 5) is 15.2. The van der Waals surface area contributed by atoms with Crippen LogP contribution in [0.2, 0.25) is 4.47 Å². The van der Waals surface area contributed by atoms with Crippen LogP contribution in [0.3, 0.4) is 0 Å². The van der Waals surface area contributed by atoms with E-state index in [9.17, 15) is 10.1 Å². The first-order valence-corrected chi connectivity index (χ1v) is 7.13. The number of halogens is 2. The van der Waals surface area contributed by atoms with Crippen LogP contribution >= 0.6 is 38.9 Å². The molecule has 1 aromatic heterocycles. The van der Waals surface area contributed by atoms with Gasteiger partial charge in [0.15, 0.2) is 4.47 Å². The van der Waals surface area contributed by atoms with Crippen LogP contribution in [0.4, 0.5) is 5.69 Å². The van der Waals surface area contributed by atoms with Crippen LogP contribution in [0.5, 0.6) is 5.75 Å². The molecule has 1 aromatic carbocycles. The van der Waals surface area contributed by atoms with E-state index in [4.69, 9.17) is 16.3 Å². The van der Waals surface area contributed by atoms with Gasteiger partial charge in [-0.2, -0.15) is 0 Å². The van der Waals surface area contributed by atoms with Crippen molar-refractivity contribution in [3.63, 3.8) is 0 Å². The summed E-state index contributed by atoms with van der Waals surface area (Å²) < 4.78 is 6.59. The molecule has 0 aliphatic carbocycles. The van der Waals surface area contributed by atoms with Gasteiger partial charge < -0.3 is 4.74 Å². The zero-order valence-electron chi connectivity index (χ0n) is 9.72. The largest absolute Gasteiger partial charge is 0.481 e. The van der Waals surface area contributed by atoms with E-state index in [2.05, 4.69) is 20.9 Å². The molecule has 0 radical (unpaired) electrons. The fourth-order valence-electron chi connectivity index (χ4n) is 1.53. The maximum Gasteiger partial charge on any atom is 0.312 e. The lowest BCUT2D eigenvalue weighted by atomic mass is 10.2. The molecule has 1 heterocycles. The van der Waals surface area contributed by atoms with E-state index in [0.717, 1.165) is 4.88 Å². The van der Waals surface area contributed by atoms with E-state index in [1.54, 1.807) is 19.2 Å². The normalized spacial score (nSPS) is 10.5. The van der Waals surface area contributed by atoms with E-state index >= 15 is 0 Å². The van der Waals surface area contributed by atoms with Crippen molar-refractivity contribution in [3.8, 4) is 5.75 Å². The van der Waals surface area contributed by atoms with Crippen LogP contribution < -0.4 is 4.74 Å². The number of nitrogens with zero attached hydrogens (tertiary/aromatic N) is 2. The average Bonchev–Trinajstić information content (AvgIpc) is 2.73.